The summed E-state index contributed by atoms with van der Waals surface area (Å²) >= 11 is 7.43. The van der Waals surface area contributed by atoms with Gasteiger partial charge in [0.2, 0.25) is 5.91 Å². The molecule has 1 amide bonds. The second-order valence-corrected chi connectivity index (χ2v) is 9.28. The number of halogens is 1. The van der Waals surface area contributed by atoms with E-state index in [0.717, 1.165) is 22.5 Å². The summed E-state index contributed by atoms with van der Waals surface area (Å²) < 4.78 is 7.45. The van der Waals surface area contributed by atoms with Gasteiger partial charge in [-0.1, -0.05) is 67.5 Å². The Hall–Kier alpha value is -3.29. The lowest BCUT2D eigenvalue weighted by atomic mass is 10.0. The molecule has 0 aliphatic heterocycles. The first kappa shape index (κ1) is 23.9. The Bertz CT molecular complexity index is 1290. The number of thioether (sulfide) groups is 1. The molecule has 8 heteroatoms. The molecule has 1 heterocycles. The summed E-state index contributed by atoms with van der Waals surface area (Å²) in [5.74, 6) is 1.69. The molecule has 0 aliphatic carbocycles. The third kappa shape index (κ3) is 5.26. The van der Waals surface area contributed by atoms with Gasteiger partial charge in [0, 0.05) is 16.4 Å². The molecule has 4 aromatic rings. The predicted octanol–water partition coefficient (Wildman–Crippen LogP) is 6.45. The molecule has 0 saturated carbocycles. The summed E-state index contributed by atoms with van der Waals surface area (Å²) in [5.41, 5.74) is 3.57. The molecule has 0 saturated heterocycles. The van der Waals surface area contributed by atoms with E-state index in [2.05, 4.69) is 29.4 Å². The molecule has 0 atom stereocenters. The number of carbonyl (C=O) groups excluding carboxylic acids is 1. The highest BCUT2D eigenvalue weighted by Crippen LogP contribution is 2.33. The van der Waals surface area contributed by atoms with E-state index in [1.54, 1.807) is 7.11 Å². The highest BCUT2D eigenvalue weighted by Gasteiger charge is 2.20. The molecule has 4 rings (SSSR count). The number of hydrogen-bond donors (Lipinski definition) is 1. The molecule has 1 aromatic heterocycles. The van der Waals surface area contributed by atoms with Crippen molar-refractivity contribution in [2.75, 3.05) is 18.2 Å². The van der Waals surface area contributed by atoms with Crippen molar-refractivity contribution >= 4 is 35.0 Å². The van der Waals surface area contributed by atoms with Gasteiger partial charge in [-0.3, -0.25) is 9.36 Å². The van der Waals surface area contributed by atoms with Gasteiger partial charge in [0.25, 0.3) is 0 Å². The Morgan fingerprint density at radius 3 is 2.47 bits per heavy atom. The average molecular weight is 493 g/mol. The molecular weight excluding hydrogens is 468 g/mol. The summed E-state index contributed by atoms with van der Waals surface area (Å²) in [6, 6.07) is 22.9. The van der Waals surface area contributed by atoms with Gasteiger partial charge in [0.1, 0.15) is 5.75 Å². The van der Waals surface area contributed by atoms with E-state index in [-0.39, 0.29) is 11.7 Å². The van der Waals surface area contributed by atoms with Crippen molar-refractivity contribution in [2.45, 2.75) is 24.9 Å². The van der Waals surface area contributed by atoms with E-state index >= 15 is 0 Å². The van der Waals surface area contributed by atoms with Crippen LogP contribution in [0.4, 0.5) is 5.69 Å². The fourth-order valence-corrected chi connectivity index (χ4v) is 4.50. The van der Waals surface area contributed by atoms with Gasteiger partial charge in [-0.05, 0) is 53.9 Å². The first-order valence-electron chi connectivity index (χ1n) is 10.8. The molecule has 0 unspecified atom stereocenters. The second-order valence-electron chi connectivity index (χ2n) is 7.90. The summed E-state index contributed by atoms with van der Waals surface area (Å²) in [5, 5.41) is 13.1. The Morgan fingerprint density at radius 1 is 1.03 bits per heavy atom. The predicted molar refractivity (Wildman–Crippen MR) is 138 cm³/mol. The highest BCUT2D eigenvalue weighted by atomic mass is 35.5. The van der Waals surface area contributed by atoms with Crippen molar-refractivity contribution < 1.29 is 9.53 Å². The van der Waals surface area contributed by atoms with Crippen molar-refractivity contribution in [1.29, 1.82) is 0 Å². The number of anilines is 1. The lowest BCUT2D eigenvalue weighted by Gasteiger charge is -2.14. The van der Waals surface area contributed by atoms with Gasteiger partial charge in [-0.15, -0.1) is 10.2 Å². The molecule has 1 N–H and O–H groups in total. The molecule has 0 bridgehead atoms. The van der Waals surface area contributed by atoms with Crippen LogP contribution in [-0.4, -0.2) is 33.5 Å². The molecule has 3 aromatic carbocycles. The number of methoxy groups -OCH3 is 1. The maximum absolute atomic E-state index is 12.8. The van der Waals surface area contributed by atoms with Crippen molar-refractivity contribution in [3.63, 3.8) is 0 Å². The standard InChI is InChI=1S/C26H25ClN4O2S/c1-17(2)20-8-4-6-10-22(20)28-24(32)16-34-26-30-29-25(21-9-5-7-11-23(21)33-3)31(26)19-14-12-18(27)13-15-19/h4-15,17H,16H2,1-3H3,(H,28,32). The molecule has 0 radical (unpaired) electrons. The summed E-state index contributed by atoms with van der Waals surface area (Å²) in [6.07, 6.45) is 0. The van der Waals surface area contributed by atoms with Crippen LogP contribution >= 0.6 is 23.4 Å². The van der Waals surface area contributed by atoms with Crippen molar-refractivity contribution in [2.24, 2.45) is 0 Å². The number of para-hydroxylation sites is 2. The number of amides is 1. The molecule has 174 valence electrons. The third-order valence-corrected chi connectivity index (χ3v) is 6.44. The van der Waals surface area contributed by atoms with Crippen LogP contribution in [0.3, 0.4) is 0 Å². The summed E-state index contributed by atoms with van der Waals surface area (Å²) in [6.45, 7) is 4.21. The minimum Gasteiger partial charge on any atom is -0.496 e. The summed E-state index contributed by atoms with van der Waals surface area (Å²) in [4.78, 5) is 12.8. The quantitative estimate of drug-likeness (QED) is 0.286. The first-order chi connectivity index (χ1) is 16.5. The molecule has 34 heavy (non-hydrogen) atoms. The van der Waals surface area contributed by atoms with E-state index in [0.29, 0.717) is 27.7 Å². The van der Waals surface area contributed by atoms with Crippen molar-refractivity contribution in [3.05, 3.63) is 83.4 Å². The molecule has 0 fully saturated rings. The Morgan fingerprint density at radius 2 is 1.74 bits per heavy atom. The van der Waals surface area contributed by atoms with Crippen LogP contribution in [0.25, 0.3) is 17.1 Å². The molecule has 0 aliphatic rings. The zero-order chi connectivity index (χ0) is 24.1. The Labute approximate surface area is 208 Å². The van der Waals surface area contributed by atoms with Crippen LogP contribution < -0.4 is 10.1 Å². The van der Waals surface area contributed by atoms with Crippen molar-refractivity contribution in [3.8, 4) is 22.8 Å². The van der Waals surface area contributed by atoms with E-state index in [4.69, 9.17) is 16.3 Å². The van der Waals surface area contributed by atoms with Crippen LogP contribution in [0.2, 0.25) is 5.02 Å². The fourth-order valence-electron chi connectivity index (χ4n) is 3.62. The zero-order valence-corrected chi connectivity index (χ0v) is 20.7. The average Bonchev–Trinajstić information content (AvgIpc) is 3.27. The number of nitrogens with one attached hydrogen (secondary N) is 1. The number of nitrogens with zero attached hydrogens (tertiary/aromatic N) is 3. The van der Waals surface area contributed by atoms with Gasteiger partial charge in [-0.25, -0.2) is 0 Å². The van der Waals surface area contributed by atoms with Crippen LogP contribution in [-0.2, 0) is 4.79 Å². The number of hydrogen-bond acceptors (Lipinski definition) is 5. The Kier molecular flexibility index (Phi) is 7.55. The lowest BCUT2D eigenvalue weighted by molar-refractivity contribution is -0.113. The highest BCUT2D eigenvalue weighted by molar-refractivity contribution is 7.99. The fraction of sp³-hybridized carbons (Fsp3) is 0.192. The number of benzene rings is 3. The number of aromatic nitrogens is 3. The first-order valence-corrected chi connectivity index (χ1v) is 12.2. The van der Waals surface area contributed by atoms with Crippen molar-refractivity contribution in [1.82, 2.24) is 14.8 Å². The Balaban J connectivity index is 1.63. The molecule has 0 spiro atoms. The monoisotopic (exact) mass is 492 g/mol. The number of rotatable bonds is 8. The van der Waals surface area contributed by atoms with Crippen LogP contribution in [0.5, 0.6) is 5.75 Å². The normalized spacial score (nSPS) is 11.0. The van der Waals surface area contributed by atoms with Gasteiger partial charge in [0.15, 0.2) is 11.0 Å². The number of ether oxygens (including phenoxy) is 1. The zero-order valence-electron chi connectivity index (χ0n) is 19.2. The summed E-state index contributed by atoms with van der Waals surface area (Å²) in [7, 11) is 1.62. The number of carbonyl (C=O) groups is 1. The lowest BCUT2D eigenvalue weighted by Crippen LogP contribution is -2.16. The largest absolute Gasteiger partial charge is 0.496 e. The smallest absolute Gasteiger partial charge is 0.234 e. The molecule has 6 nitrogen and oxygen atoms in total. The van der Waals surface area contributed by atoms with Gasteiger partial charge in [-0.2, -0.15) is 0 Å². The maximum Gasteiger partial charge on any atom is 0.234 e. The van der Waals surface area contributed by atoms with E-state index in [9.17, 15) is 4.79 Å². The van der Waals surface area contributed by atoms with Gasteiger partial charge in [0.05, 0.1) is 18.4 Å². The van der Waals surface area contributed by atoms with E-state index in [1.165, 1.54) is 11.8 Å². The van der Waals surface area contributed by atoms with Gasteiger partial charge >= 0.3 is 0 Å². The maximum atomic E-state index is 12.8. The minimum absolute atomic E-state index is 0.109. The third-order valence-electron chi connectivity index (χ3n) is 5.26. The van der Waals surface area contributed by atoms with Crippen LogP contribution in [0.15, 0.2) is 78.0 Å². The SMILES string of the molecule is COc1ccccc1-c1nnc(SCC(=O)Nc2ccccc2C(C)C)n1-c1ccc(Cl)cc1. The second kappa shape index (κ2) is 10.8. The van der Waals surface area contributed by atoms with Crippen LogP contribution in [0, 0.1) is 0 Å². The van der Waals surface area contributed by atoms with Crippen LogP contribution in [0.1, 0.15) is 25.3 Å². The molecular formula is C26H25ClN4O2S. The minimum atomic E-state index is -0.109. The van der Waals surface area contributed by atoms with E-state index in [1.807, 2.05) is 77.4 Å². The van der Waals surface area contributed by atoms with E-state index < -0.39 is 0 Å². The van der Waals surface area contributed by atoms with Gasteiger partial charge < -0.3 is 10.1 Å². The topological polar surface area (TPSA) is 69.0 Å².